The van der Waals surface area contributed by atoms with E-state index in [0.717, 1.165) is 38.9 Å². The Morgan fingerprint density at radius 3 is 2.38 bits per heavy atom. The van der Waals surface area contributed by atoms with Gasteiger partial charge in [0.15, 0.2) is 0 Å². The molecule has 6 heteroatoms. The molecule has 0 aromatic carbocycles. The summed E-state index contributed by atoms with van der Waals surface area (Å²) in [4.78, 5) is 30.5. The summed E-state index contributed by atoms with van der Waals surface area (Å²) in [6.07, 6.45) is 3.48. The molecule has 1 unspecified atom stereocenters. The second-order valence-corrected chi connectivity index (χ2v) is 5.89. The molecule has 120 valence electrons. The van der Waals surface area contributed by atoms with Crippen LogP contribution in [-0.4, -0.2) is 83.5 Å². The number of piperidine rings is 1. The highest BCUT2D eigenvalue weighted by molar-refractivity contribution is 6.35. The Bertz CT molecular complexity index is 365. The van der Waals surface area contributed by atoms with Gasteiger partial charge in [-0.1, -0.05) is 6.92 Å². The molecule has 21 heavy (non-hydrogen) atoms. The van der Waals surface area contributed by atoms with E-state index in [1.54, 1.807) is 9.80 Å². The molecule has 0 aromatic heterocycles. The molecule has 2 rings (SSSR count). The third-order valence-corrected chi connectivity index (χ3v) is 4.64. The highest BCUT2D eigenvalue weighted by atomic mass is 16.3. The van der Waals surface area contributed by atoms with Crippen molar-refractivity contribution in [3.05, 3.63) is 0 Å². The maximum atomic E-state index is 12.5. The number of amides is 2. The molecule has 0 bridgehead atoms. The molecule has 2 saturated heterocycles. The molecule has 0 radical (unpaired) electrons. The first kappa shape index (κ1) is 16.2. The average Bonchev–Trinajstić information content (AvgIpc) is 2.54. The number of hydrogen-bond donors (Lipinski definition) is 1. The minimum atomic E-state index is -0.377. The van der Waals surface area contributed by atoms with Gasteiger partial charge in [0, 0.05) is 45.4 Å². The van der Waals surface area contributed by atoms with Crippen LogP contribution in [0.4, 0.5) is 0 Å². The van der Waals surface area contributed by atoms with E-state index in [1.807, 2.05) is 0 Å². The van der Waals surface area contributed by atoms with Gasteiger partial charge in [0.25, 0.3) is 0 Å². The zero-order valence-corrected chi connectivity index (χ0v) is 13.0. The van der Waals surface area contributed by atoms with E-state index < -0.39 is 0 Å². The van der Waals surface area contributed by atoms with Crippen molar-refractivity contribution >= 4 is 11.8 Å². The zero-order chi connectivity index (χ0) is 15.2. The Morgan fingerprint density at radius 2 is 1.76 bits per heavy atom. The fourth-order valence-corrected chi connectivity index (χ4v) is 3.24. The number of carbonyl (C=O) groups excluding carboxylic acids is 2. The minimum absolute atomic E-state index is 0.0251. The number of aliphatic hydroxyl groups excluding tert-OH is 1. The molecule has 0 aliphatic carbocycles. The van der Waals surface area contributed by atoms with Crippen molar-refractivity contribution < 1.29 is 14.7 Å². The summed E-state index contributed by atoms with van der Waals surface area (Å²) < 4.78 is 0. The van der Waals surface area contributed by atoms with E-state index in [1.165, 1.54) is 0 Å². The quantitative estimate of drug-likeness (QED) is 0.740. The number of carbonyl (C=O) groups is 2. The van der Waals surface area contributed by atoms with E-state index in [0.29, 0.717) is 26.1 Å². The fraction of sp³-hybridized carbons (Fsp3) is 0.867. The number of likely N-dealkylation sites (tertiary alicyclic amines) is 1. The second kappa shape index (κ2) is 7.75. The molecule has 2 amide bonds. The molecule has 0 saturated carbocycles. The van der Waals surface area contributed by atoms with Crippen LogP contribution in [0.5, 0.6) is 0 Å². The topological polar surface area (TPSA) is 64.1 Å². The first-order chi connectivity index (χ1) is 10.2. The Morgan fingerprint density at radius 1 is 1.05 bits per heavy atom. The van der Waals surface area contributed by atoms with Crippen LogP contribution in [-0.2, 0) is 9.59 Å². The molecule has 6 nitrogen and oxygen atoms in total. The number of aliphatic hydroxyl groups is 1. The van der Waals surface area contributed by atoms with Crippen LogP contribution in [0.3, 0.4) is 0 Å². The Kier molecular flexibility index (Phi) is 5.99. The average molecular weight is 297 g/mol. The summed E-state index contributed by atoms with van der Waals surface area (Å²) in [7, 11) is 0. The summed E-state index contributed by atoms with van der Waals surface area (Å²) in [6.45, 7) is 6.76. The van der Waals surface area contributed by atoms with Crippen molar-refractivity contribution in [1.29, 1.82) is 0 Å². The normalized spacial score (nSPS) is 24.2. The highest BCUT2D eigenvalue weighted by Gasteiger charge is 2.33. The lowest BCUT2D eigenvalue weighted by Gasteiger charge is -2.38. The first-order valence-corrected chi connectivity index (χ1v) is 8.10. The van der Waals surface area contributed by atoms with Crippen molar-refractivity contribution in [3.63, 3.8) is 0 Å². The minimum Gasteiger partial charge on any atom is -0.396 e. The van der Waals surface area contributed by atoms with Crippen LogP contribution in [0.2, 0.25) is 0 Å². The van der Waals surface area contributed by atoms with Crippen molar-refractivity contribution in [2.45, 2.75) is 38.6 Å². The molecule has 2 heterocycles. The van der Waals surface area contributed by atoms with Crippen LogP contribution < -0.4 is 0 Å². The van der Waals surface area contributed by atoms with Gasteiger partial charge >= 0.3 is 11.8 Å². The predicted molar refractivity (Wildman–Crippen MR) is 79.7 cm³/mol. The molecule has 0 spiro atoms. The van der Waals surface area contributed by atoms with Crippen molar-refractivity contribution in [3.8, 4) is 0 Å². The molecular formula is C15H27N3O3. The van der Waals surface area contributed by atoms with E-state index in [2.05, 4.69) is 11.8 Å². The van der Waals surface area contributed by atoms with Crippen LogP contribution in [0.15, 0.2) is 0 Å². The fourth-order valence-electron chi connectivity index (χ4n) is 3.24. The number of piperazine rings is 1. The lowest BCUT2D eigenvalue weighted by Crippen LogP contribution is -2.55. The maximum absolute atomic E-state index is 12.5. The van der Waals surface area contributed by atoms with Crippen LogP contribution in [0.1, 0.15) is 32.6 Å². The molecule has 0 aromatic rings. The molecule has 2 fully saturated rings. The summed E-state index contributed by atoms with van der Waals surface area (Å²) in [5.74, 6) is -0.742. The van der Waals surface area contributed by atoms with Crippen molar-refractivity contribution in [2.75, 3.05) is 45.9 Å². The summed E-state index contributed by atoms with van der Waals surface area (Å²) in [5.41, 5.74) is 0. The van der Waals surface area contributed by atoms with Gasteiger partial charge in [0.05, 0.1) is 0 Å². The molecule has 1 atom stereocenters. The van der Waals surface area contributed by atoms with Crippen LogP contribution >= 0.6 is 0 Å². The SMILES string of the molecule is CCN1CCN(C(=O)C(=O)N2CCCCC2CCO)CC1. The van der Waals surface area contributed by atoms with E-state index in [4.69, 9.17) is 5.11 Å². The number of rotatable bonds is 3. The summed E-state index contributed by atoms with van der Waals surface area (Å²) in [6, 6.07) is 0.0251. The Labute approximate surface area is 126 Å². The first-order valence-electron chi connectivity index (χ1n) is 8.10. The number of nitrogens with zero attached hydrogens (tertiary/aromatic N) is 3. The maximum Gasteiger partial charge on any atom is 0.312 e. The van der Waals surface area contributed by atoms with Gasteiger partial charge in [-0.05, 0) is 32.2 Å². The largest absolute Gasteiger partial charge is 0.396 e. The molecular weight excluding hydrogens is 270 g/mol. The zero-order valence-electron chi connectivity index (χ0n) is 13.0. The van der Waals surface area contributed by atoms with Gasteiger partial charge in [-0.3, -0.25) is 9.59 Å². The van der Waals surface area contributed by atoms with Gasteiger partial charge < -0.3 is 19.8 Å². The third-order valence-electron chi connectivity index (χ3n) is 4.64. The summed E-state index contributed by atoms with van der Waals surface area (Å²) in [5, 5.41) is 9.12. The highest BCUT2D eigenvalue weighted by Crippen LogP contribution is 2.20. The van der Waals surface area contributed by atoms with Crippen molar-refractivity contribution in [1.82, 2.24) is 14.7 Å². The van der Waals surface area contributed by atoms with Gasteiger partial charge in [-0.15, -0.1) is 0 Å². The van der Waals surface area contributed by atoms with Crippen LogP contribution in [0.25, 0.3) is 0 Å². The van der Waals surface area contributed by atoms with Gasteiger partial charge in [0.1, 0.15) is 0 Å². The summed E-state index contributed by atoms with van der Waals surface area (Å²) >= 11 is 0. The van der Waals surface area contributed by atoms with Gasteiger partial charge in [0.2, 0.25) is 0 Å². The molecule has 2 aliphatic heterocycles. The lowest BCUT2D eigenvalue weighted by atomic mass is 9.99. The standard InChI is InChI=1S/C15H27N3O3/c1-2-16-8-10-17(11-9-16)14(20)15(21)18-7-4-3-5-13(18)6-12-19/h13,19H,2-12H2,1H3. The lowest BCUT2D eigenvalue weighted by molar-refractivity contribution is -0.155. The Balaban J connectivity index is 1.93. The van der Waals surface area contributed by atoms with Gasteiger partial charge in [-0.2, -0.15) is 0 Å². The van der Waals surface area contributed by atoms with Gasteiger partial charge in [-0.25, -0.2) is 0 Å². The molecule has 1 N–H and O–H groups in total. The van der Waals surface area contributed by atoms with Crippen LogP contribution in [0, 0.1) is 0 Å². The van der Waals surface area contributed by atoms with E-state index in [-0.39, 0.29) is 24.5 Å². The smallest absolute Gasteiger partial charge is 0.312 e. The number of likely N-dealkylation sites (N-methyl/N-ethyl adjacent to an activating group) is 1. The third kappa shape index (κ3) is 3.95. The van der Waals surface area contributed by atoms with E-state index >= 15 is 0 Å². The molecule has 2 aliphatic rings. The second-order valence-electron chi connectivity index (χ2n) is 5.89. The monoisotopic (exact) mass is 297 g/mol. The Hall–Kier alpha value is -1.14. The van der Waals surface area contributed by atoms with Crippen molar-refractivity contribution in [2.24, 2.45) is 0 Å². The predicted octanol–water partition coefficient (Wildman–Crippen LogP) is -0.0860. The number of hydrogen-bond acceptors (Lipinski definition) is 4. The van der Waals surface area contributed by atoms with E-state index in [9.17, 15) is 9.59 Å².